The zero-order chi connectivity index (χ0) is 17.7. The second-order valence-corrected chi connectivity index (χ2v) is 8.90. The molecule has 2 fully saturated rings. The monoisotopic (exact) mass is 362 g/mol. The molecule has 0 atom stereocenters. The maximum absolute atomic E-state index is 13.6. The Labute approximate surface area is 150 Å². The zero-order valence-electron chi connectivity index (χ0n) is 14.6. The van der Waals surface area contributed by atoms with Gasteiger partial charge in [-0.05, 0) is 37.8 Å². The summed E-state index contributed by atoms with van der Waals surface area (Å²) in [6.45, 7) is 0. The molecular formula is C19H26N2O3S. The second kappa shape index (κ2) is 8.26. The Balaban J connectivity index is 2.02. The Hall–Kier alpha value is -1.49. The van der Waals surface area contributed by atoms with E-state index in [0.29, 0.717) is 0 Å². The number of rotatable bonds is 5. The van der Waals surface area contributed by atoms with Crippen LogP contribution in [0.2, 0.25) is 0 Å². The van der Waals surface area contributed by atoms with Gasteiger partial charge in [-0.25, -0.2) is 13.2 Å². The molecule has 0 aromatic heterocycles. The van der Waals surface area contributed by atoms with Gasteiger partial charge in [0.1, 0.15) is 4.90 Å². The minimum atomic E-state index is -3.69. The first kappa shape index (κ1) is 18.3. The van der Waals surface area contributed by atoms with Gasteiger partial charge in [0.15, 0.2) is 0 Å². The van der Waals surface area contributed by atoms with E-state index in [-0.39, 0.29) is 22.7 Å². The average molecular weight is 362 g/mol. The standard InChI is InChI=1S/C19H26N2O3S/c22-15-20-18-13-7-8-14-19(18)25(23,24)21(16-9-3-1-4-10-16)17-11-5-2-6-12-17/h7-8,13-14,16-17H,1-6,9-12H2. The van der Waals surface area contributed by atoms with E-state index in [2.05, 4.69) is 4.99 Å². The van der Waals surface area contributed by atoms with Crippen molar-refractivity contribution in [3.63, 3.8) is 0 Å². The summed E-state index contributed by atoms with van der Waals surface area (Å²) in [5.41, 5.74) is 0.189. The highest BCUT2D eigenvalue weighted by Gasteiger charge is 2.39. The van der Waals surface area contributed by atoms with Gasteiger partial charge in [0.2, 0.25) is 16.1 Å². The molecule has 0 amide bonds. The Morgan fingerprint density at radius 3 is 1.92 bits per heavy atom. The fourth-order valence-corrected chi connectivity index (χ4v) is 6.35. The van der Waals surface area contributed by atoms with Gasteiger partial charge in [-0.15, -0.1) is 0 Å². The normalized spacial score (nSPS) is 20.4. The summed E-state index contributed by atoms with van der Waals surface area (Å²) in [4.78, 5) is 14.5. The molecule has 0 radical (unpaired) electrons. The molecule has 136 valence electrons. The number of sulfonamides is 1. The van der Waals surface area contributed by atoms with E-state index in [9.17, 15) is 13.2 Å². The smallest absolute Gasteiger partial charge is 0.211 e. The average Bonchev–Trinajstić information content (AvgIpc) is 2.64. The predicted octanol–water partition coefficient (Wildman–Crippen LogP) is 4.31. The molecule has 0 bridgehead atoms. The number of nitrogens with zero attached hydrogens (tertiary/aromatic N) is 2. The molecule has 0 saturated heterocycles. The van der Waals surface area contributed by atoms with Gasteiger partial charge in [0.25, 0.3) is 0 Å². The van der Waals surface area contributed by atoms with Crippen molar-refractivity contribution in [2.24, 2.45) is 4.99 Å². The molecule has 2 aliphatic carbocycles. The quantitative estimate of drug-likeness (QED) is 0.579. The molecule has 2 aliphatic rings. The molecule has 0 spiro atoms. The minimum absolute atomic E-state index is 0.0649. The summed E-state index contributed by atoms with van der Waals surface area (Å²) in [6.07, 6.45) is 11.9. The highest BCUT2D eigenvalue weighted by Crippen LogP contribution is 2.37. The van der Waals surface area contributed by atoms with E-state index in [1.807, 2.05) is 0 Å². The van der Waals surface area contributed by atoms with E-state index >= 15 is 0 Å². The van der Waals surface area contributed by atoms with Crippen molar-refractivity contribution < 1.29 is 13.2 Å². The molecule has 6 heteroatoms. The fourth-order valence-electron chi connectivity index (χ4n) is 4.29. The lowest BCUT2D eigenvalue weighted by Crippen LogP contribution is -2.48. The van der Waals surface area contributed by atoms with Crippen LogP contribution in [0.1, 0.15) is 64.2 Å². The predicted molar refractivity (Wildman–Crippen MR) is 97.0 cm³/mol. The van der Waals surface area contributed by atoms with Gasteiger partial charge in [-0.3, -0.25) is 0 Å². The molecule has 0 unspecified atom stereocenters. The van der Waals surface area contributed by atoms with Gasteiger partial charge in [0.05, 0.1) is 5.69 Å². The zero-order valence-corrected chi connectivity index (χ0v) is 15.4. The second-order valence-electron chi connectivity index (χ2n) is 7.09. The molecule has 2 saturated carbocycles. The molecular weight excluding hydrogens is 336 g/mol. The van der Waals surface area contributed by atoms with Crippen molar-refractivity contribution in [3.05, 3.63) is 24.3 Å². The number of aliphatic imine (C=N–C) groups is 1. The highest BCUT2D eigenvalue weighted by molar-refractivity contribution is 7.89. The first-order chi connectivity index (χ1) is 12.1. The summed E-state index contributed by atoms with van der Waals surface area (Å²) in [5.74, 6) is 0. The topological polar surface area (TPSA) is 66.8 Å². The lowest BCUT2D eigenvalue weighted by atomic mass is 9.91. The molecule has 5 nitrogen and oxygen atoms in total. The van der Waals surface area contributed by atoms with E-state index in [1.165, 1.54) is 18.9 Å². The number of hydrogen-bond donors (Lipinski definition) is 0. The molecule has 25 heavy (non-hydrogen) atoms. The molecule has 1 aromatic carbocycles. The Bertz CT molecular complexity index is 711. The van der Waals surface area contributed by atoms with Crippen molar-refractivity contribution >= 4 is 21.8 Å². The van der Waals surface area contributed by atoms with Crippen molar-refractivity contribution in [2.75, 3.05) is 0 Å². The SMILES string of the molecule is O=C=Nc1ccccc1S(=O)(=O)N(C1CCCCC1)C1CCCCC1. The van der Waals surface area contributed by atoms with Crippen LogP contribution in [0.4, 0.5) is 5.69 Å². The summed E-state index contributed by atoms with van der Waals surface area (Å²) < 4.78 is 28.9. The van der Waals surface area contributed by atoms with Crippen LogP contribution in [0.3, 0.4) is 0 Å². The Kier molecular flexibility index (Phi) is 6.05. The van der Waals surface area contributed by atoms with Crippen molar-refractivity contribution in [1.29, 1.82) is 0 Å². The Morgan fingerprint density at radius 2 is 1.40 bits per heavy atom. The number of isocyanates is 1. The van der Waals surface area contributed by atoms with Gasteiger partial charge < -0.3 is 0 Å². The van der Waals surface area contributed by atoms with Crippen molar-refractivity contribution in [2.45, 2.75) is 81.2 Å². The van der Waals surface area contributed by atoms with Crippen LogP contribution >= 0.6 is 0 Å². The summed E-state index contributed by atoms with van der Waals surface area (Å²) in [6, 6.07) is 6.64. The van der Waals surface area contributed by atoms with Gasteiger partial charge in [0, 0.05) is 12.1 Å². The number of carbonyl (C=O) groups excluding carboxylic acids is 1. The highest BCUT2D eigenvalue weighted by atomic mass is 32.2. The van der Waals surface area contributed by atoms with Gasteiger partial charge in [-0.2, -0.15) is 9.30 Å². The largest absolute Gasteiger partial charge is 0.245 e. The lowest BCUT2D eigenvalue weighted by Gasteiger charge is -2.40. The van der Waals surface area contributed by atoms with E-state index in [1.54, 1.807) is 28.6 Å². The molecule has 0 N–H and O–H groups in total. The first-order valence-corrected chi connectivity index (χ1v) is 10.8. The van der Waals surface area contributed by atoms with Crippen LogP contribution in [0.25, 0.3) is 0 Å². The minimum Gasteiger partial charge on any atom is -0.211 e. The molecule has 1 aromatic rings. The van der Waals surface area contributed by atoms with Crippen molar-refractivity contribution in [1.82, 2.24) is 4.31 Å². The Morgan fingerprint density at radius 1 is 0.880 bits per heavy atom. The van der Waals surface area contributed by atoms with Gasteiger partial charge in [-0.1, -0.05) is 50.7 Å². The van der Waals surface area contributed by atoms with E-state index < -0.39 is 10.0 Å². The van der Waals surface area contributed by atoms with Crippen LogP contribution in [-0.2, 0) is 14.8 Å². The number of para-hydroxylation sites is 1. The molecule has 0 aliphatic heterocycles. The van der Waals surface area contributed by atoms with Gasteiger partial charge >= 0.3 is 0 Å². The van der Waals surface area contributed by atoms with Crippen LogP contribution in [-0.4, -0.2) is 30.9 Å². The fraction of sp³-hybridized carbons (Fsp3) is 0.632. The maximum atomic E-state index is 13.6. The van der Waals surface area contributed by atoms with Crippen molar-refractivity contribution in [3.8, 4) is 0 Å². The number of hydrogen-bond acceptors (Lipinski definition) is 4. The van der Waals surface area contributed by atoms with Crippen LogP contribution in [0.5, 0.6) is 0 Å². The third-order valence-corrected chi connectivity index (χ3v) is 7.51. The van der Waals surface area contributed by atoms with Crippen LogP contribution < -0.4 is 0 Å². The lowest BCUT2D eigenvalue weighted by molar-refractivity contribution is 0.170. The van der Waals surface area contributed by atoms with Crippen LogP contribution in [0.15, 0.2) is 34.2 Å². The van der Waals surface area contributed by atoms with Crippen LogP contribution in [0, 0.1) is 0 Å². The summed E-state index contributed by atoms with van der Waals surface area (Å²) in [7, 11) is -3.69. The number of benzene rings is 1. The van der Waals surface area contributed by atoms with E-state index in [0.717, 1.165) is 51.4 Å². The first-order valence-electron chi connectivity index (χ1n) is 9.35. The summed E-state index contributed by atoms with van der Waals surface area (Å²) >= 11 is 0. The third-order valence-electron chi connectivity index (χ3n) is 5.46. The molecule has 0 heterocycles. The molecule has 3 rings (SSSR count). The maximum Gasteiger partial charge on any atom is 0.245 e. The summed E-state index contributed by atoms with van der Waals surface area (Å²) in [5, 5.41) is 0. The van der Waals surface area contributed by atoms with E-state index in [4.69, 9.17) is 0 Å². The third kappa shape index (κ3) is 4.02.